The molecule has 4 amide bonds. The summed E-state index contributed by atoms with van der Waals surface area (Å²) >= 11 is 0. The zero-order valence-electron chi connectivity index (χ0n) is 34.2. The van der Waals surface area contributed by atoms with Crippen LogP contribution in [0.5, 0.6) is 0 Å². The van der Waals surface area contributed by atoms with E-state index in [1.165, 1.54) is 14.2 Å². The first-order valence-electron chi connectivity index (χ1n) is 20.6. The summed E-state index contributed by atoms with van der Waals surface area (Å²) in [6, 6.07) is 14.8. The number of amides is 4. The predicted molar refractivity (Wildman–Crippen MR) is 219 cm³/mol. The molecule has 3 heterocycles. The molecule has 7 rings (SSSR count). The highest BCUT2D eigenvalue weighted by molar-refractivity contribution is 5.87. The van der Waals surface area contributed by atoms with E-state index in [1.54, 1.807) is 0 Å². The highest BCUT2D eigenvalue weighted by Crippen LogP contribution is 2.50. The number of ether oxygens (including phenoxy) is 2. The Labute approximate surface area is 339 Å². The van der Waals surface area contributed by atoms with Crippen LogP contribution in [0.4, 0.5) is 9.59 Å². The highest BCUT2D eigenvalue weighted by atomic mass is 16.5. The second-order valence-corrected chi connectivity index (χ2v) is 16.7. The minimum absolute atomic E-state index is 0.0951. The number of piperidine rings is 1. The summed E-state index contributed by atoms with van der Waals surface area (Å²) in [6.45, 7) is 7.63. The number of rotatable bonds is 13. The van der Waals surface area contributed by atoms with Crippen LogP contribution in [0.15, 0.2) is 60.9 Å². The minimum Gasteiger partial charge on any atom is -0.453 e. The average molecular weight is 793 g/mol. The van der Waals surface area contributed by atoms with Gasteiger partial charge in [0, 0.05) is 6.04 Å². The second kappa shape index (κ2) is 17.5. The normalized spacial score (nSPS) is 20.6. The number of carbonyl (C=O) groups excluding carboxylic acids is 4. The van der Waals surface area contributed by atoms with Crippen LogP contribution in [0.3, 0.4) is 0 Å². The van der Waals surface area contributed by atoms with Crippen LogP contribution in [0.2, 0.25) is 0 Å². The van der Waals surface area contributed by atoms with Crippen molar-refractivity contribution < 1.29 is 28.7 Å². The molecule has 1 saturated heterocycles. The number of imidazole rings is 2. The molecule has 6 atom stereocenters. The molecule has 308 valence electrons. The first-order chi connectivity index (χ1) is 27.9. The first kappa shape index (κ1) is 40.5. The lowest BCUT2D eigenvalue weighted by atomic mass is 9.95. The topological polar surface area (TPSA) is 183 Å². The fourth-order valence-electron chi connectivity index (χ4n) is 9.14. The van der Waals surface area contributed by atoms with Gasteiger partial charge in [0.25, 0.3) is 0 Å². The maximum Gasteiger partial charge on any atom is 0.407 e. The summed E-state index contributed by atoms with van der Waals surface area (Å²) < 4.78 is 9.58. The van der Waals surface area contributed by atoms with Gasteiger partial charge in [0.1, 0.15) is 23.7 Å². The van der Waals surface area contributed by atoms with Crippen molar-refractivity contribution in [3.05, 3.63) is 72.6 Å². The number of methoxy groups -OCH3 is 2. The Morgan fingerprint density at radius 2 is 1.22 bits per heavy atom. The number of aromatic amines is 2. The van der Waals surface area contributed by atoms with E-state index >= 15 is 0 Å². The van der Waals surface area contributed by atoms with E-state index in [4.69, 9.17) is 19.4 Å². The fraction of sp³-hybridized carbons (Fsp3) is 0.500. The van der Waals surface area contributed by atoms with Gasteiger partial charge in [-0.1, -0.05) is 89.1 Å². The van der Waals surface area contributed by atoms with Crippen LogP contribution in [0, 0.1) is 23.7 Å². The summed E-state index contributed by atoms with van der Waals surface area (Å²) in [5.41, 5.74) is 5.82. The molecule has 2 aromatic carbocycles. The maximum absolute atomic E-state index is 13.9. The van der Waals surface area contributed by atoms with E-state index in [2.05, 4.69) is 74.4 Å². The molecule has 0 radical (unpaired) electrons. The van der Waals surface area contributed by atoms with Gasteiger partial charge in [-0.15, -0.1) is 0 Å². The van der Waals surface area contributed by atoms with Crippen LogP contribution in [-0.2, 0) is 19.1 Å². The summed E-state index contributed by atoms with van der Waals surface area (Å²) in [6.07, 6.45) is 9.50. The predicted octanol–water partition coefficient (Wildman–Crippen LogP) is 7.29. The van der Waals surface area contributed by atoms with Gasteiger partial charge in [-0.25, -0.2) is 19.6 Å². The molecule has 2 bridgehead atoms. The first-order valence-corrected chi connectivity index (χ1v) is 20.6. The van der Waals surface area contributed by atoms with Crippen molar-refractivity contribution in [3.8, 4) is 33.6 Å². The van der Waals surface area contributed by atoms with E-state index in [-0.39, 0.29) is 47.7 Å². The lowest BCUT2D eigenvalue weighted by Gasteiger charge is -2.37. The standard InChI is InChI=1S/C44H56N8O6/c1-24(2)35(50-43(55)57-5)41(53)49-37(30-9-7-8-10-30)39-45-22-33(47-39)28-15-11-26(12-16-28)27-13-17-29(18-14-27)34-23-46-40(48-34)38-31-19-20-32(21-31)52(38)42(54)36(25(3)4)51-44(56)58-6/h11-18,22-25,30-32,35-38H,7-10,19-21H2,1-6H3,(H,45,47)(H,46,48)(H,49,53)(H,50,55)(H,51,56)/t31-,32+,35-,36-,37-,38-/m0/s1. The Bertz CT molecular complexity index is 2070. The quantitative estimate of drug-likeness (QED) is 0.0935. The van der Waals surface area contributed by atoms with Crippen molar-refractivity contribution in [3.63, 3.8) is 0 Å². The fourth-order valence-corrected chi connectivity index (χ4v) is 9.14. The van der Waals surface area contributed by atoms with Crippen molar-refractivity contribution in [2.75, 3.05) is 14.2 Å². The Morgan fingerprint density at radius 1 is 0.690 bits per heavy atom. The zero-order chi connectivity index (χ0) is 41.1. The van der Waals surface area contributed by atoms with Crippen LogP contribution < -0.4 is 16.0 Å². The Balaban J connectivity index is 1.03. The largest absolute Gasteiger partial charge is 0.453 e. The number of alkyl carbamates (subject to hydrolysis) is 2. The molecule has 2 saturated carbocycles. The molecule has 3 fully saturated rings. The smallest absolute Gasteiger partial charge is 0.407 e. The molecule has 2 aliphatic carbocycles. The van der Waals surface area contributed by atoms with Gasteiger partial charge in [0.2, 0.25) is 11.8 Å². The number of likely N-dealkylation sites (tertiary alicyclic amines) is 1. The van der Waals surface area contributed by atoms with Gasteiger partial charge in [-0.2, -0.15) is 0 Å². The number of H-pyrrole nitrogens is 2. The van der Waals surface area contributed by atoms with E-state index in [0.717, 1.165) is 84.4 Å². The van der Waals surface area contributed by atoms with Gasteiger partial charge in [-0.3, -0.25) is 9.59 Å². The van der Waals surface area contributed by atoms with Crippen molar-refractivity contribution in [1.29, 1.82) is 0 Å². The lowest BCUT2D eigenvalue weighted by Crippen LogP contribution is -2.54. The molecule has 2 aromatic heterocycles. The number of hydrogen-bond donors (Lipinski definition) is 5. The van der Waals surface area contributed by atoms with Crippen LogP contribution in [0.1, 0.15) is 96.4 Å². The monoisotopic (exact) mass is 792 g/mol. The number of nitrogens with zero attached hydrogens (tertiary/aromatic N) is 3. The molecule has 4 aromatic rings. The van der Waals surface area contributed by atoms with Crippen molar-refractivity contribution >= 4 is 24.0 Å². The Morgan fingerprint density at radius 3 is 1.79 bits per heavy atom. The third kappa shape index (κ3) is 8.46. The van der Waals surface area contributed by atoms with Crippen LogP contribution in [0.25, 0.3) is 33.6 Å². The Hall–Kier alpha value is -5.66. The van der Waals surface area contributed by atoms with E-state index in [0.29, 0.717) is 11.7 Å². The summed E-state index contributed by atoms with van der Waals surface area (Å²) in [5.74, 6) is 1.43. The summed E-state index contributed by atoms with van der Waals surface area (Å²) in [4.78, 5) is 70.0. The minimum atomic E-state index is -0.735. The summed E-state index contributed by atoms with van der Waals surface area (Å²) in [7, 11) is 2.59. The number of aromatic nitrogens is 4. The molecular formula is C44H56N8O6. The molecule has 14 nitrogen and oxygen atoms in total. The van der Waals surface area contributed by atoms with Crippen molar-refractivity contribution in [2.45, 2.75) is 103 Å². The molecule has 1 aliphatic heterocycles. The van der Waals surface area contributed by atoms with Crippen molar-refractivity contribution in [2.24, 2.45) is 23.7 Å². The van der Waals surface area contributed by atoms with E-state index in [1.807, 2.05) is 45.0 Å². The second-order valence-electron chi connectivity index (χ2n) is 16.7. The maximum atomic E-state index is 13.9. The average Bonchev–Trinajstić information content (AvgIpc) is 4.09. The lowest BCUT2D eigenvalue weighted by molar-refractivity contribution is -0.139. The van der Waals surface area contributed by atoms with Gasteiger partial charge in [-0.05, 0) is 78.0 Å². The van der Waals surface area contributed by atoms with E-state index in [9.17, 15) is 19.2 Å². The number of hydrogen-bond acceptors (Lipinski definition) is 8. The number of fused-ring (bicyclic) bond motifs is 2. The molecule has 5 N–H and O–H groups in total. The van der Waals surface area contributed by atoms with Gasteiger partial charge in [0.05, 0.1) is 50.1 Å². The number of carbonyl (C=O) groups is 4. The third-order valence-electron chi connectivity index (χ3n) is 12.3. The van der Waals surface area contributed by atoms with Gasteiger partial charge < -0.3 is 40.3 Å². The zero-order valence-corrected chi connectivity index (χ0v) is 34.2. The number of benzene rings is 2. The van der Waals surface area contributed by atoms with E-state index < -0.39 is 24.3 Å². The van der Waals surface area contributed by atoms with Crippen molar-refractivity contribution in [1.82, 2.24) is 40.8 Å². The highest BCUT2D eigenvalue weighted by Gasteiger charge is 2.51. The molecule has 0 spiro atoms. The Kier molecular flexibility index (Phi) is 12.2. The van der Waals surface area contributed by atoms with Gasteiger partial charge >= 0.3 is 12.2 Å². The third-order valence-corrected chi connectivity index (χ3v) is 12.3. The molecule has 14 heteroatoms. The van der Waals surface area contributed by atoms with Crippen LogP contribution >= 0.6 is 0 Å². The van der Waals surface area contributed by atoms with Gasteiger partial charge in [0.15, 0.2) is 0 Å². The SMILES string of the molecule is COC(=O)N[C@H](C(=O)N[C@H](c1ncc(-c2ccc(-c3ccc(-c4cnc([C@@H]5[C@H]6CC[C@H](C6)N5C(=O)[C@@H](NC(=O)OC)C(C)C)[nH]4)cc3)cc2)[nH]1)C1CCCC1)C(C)C. The number of nitrogens with one attached hydrogen (secondary N) is 5. The molecule has 3 aliphatic rings. The summed E-state index contributed by atoms with van der Waals surface area (Å²) in [5, 5.41) is 8.63. The molecule has 0 unspecified atom stereocenters. The molecular weight excluding hydrogens is 737 g/mol. The molecule has 58 heavy (non-hydrogen) atoms. The van der Waals surface area contributed by atoms with Crippen LogP contribution in [-0.4, -0.2) is 81.2 Å².